The molecule has 2 aromatic heterocycles. The van der Waals surface area contributed by atoms with E-state index in [-0.39, 0.29) is 23.2 Å². The first kappa shape index (κ1) is 17.3. The van der Waals surface area contributed by atoms with Gasteiger partial charge in [-0.25, -0.2) is 13.4 Å². The molecular weight excluding hydrogens is 374 g/mol. The second kappa shape index (κ2) is 6.43. The van der Waals surface area contributed by atoms with Gasteiger partial charge in [-0.3, -0.25) is 9.89 Å². The van der Waals surface area contributed by atoms with Gasteiger partial charge in [-0.05, 0) is 19.1 Å². The molecule has 0 bridgehead atoms. The topological polar surface area (TPSA) is 108 Å². The molecule has 0 spiro atoms. The normalized spacial score (nSPS) is 22.0. The van der Waals surface area contributed by atoms with Crippen molar-refractivity contribution in [3.05, 3.63) is 28.1 Å². The average molecular weight is 390 g/mol. The number of carbonyl (C=O) groups is 1. The smallest absolute Gasteiger partial charge is 0.252 e. The number of hydrogen-bond donors (Lipinski definition) is 2. The lowest BCUT2D eigenvalue weighted by Crippen LogP contribution is -2.33. The molecule has 24 heavy (non-hydrogen) atoms. The highest BCUT2D eigenvalue weighted by Crippen LogP contribution is 2.36. The fourth-order valence-corrected chi connectivity index (χ4v) is 5.90. The standard InChI is InChI=1S/C13H16ClN5O3S2/c1-7-16-12(18-17-7)8-5-19(6-9(8)13(20)15-2)24(21,22)11-4-3-10(14)23-11/h3-4,8-9H,5-6H2,1-2H3,(H,15,20)(H,16,17,18)/t8-,9-/m1/s1. The van der Waals surface area contributed by atoms with Gasteiger partial charge in [0.15, 0.2) is 5.82 Å². The summed E-state index contributed by atoms with van der Waals surface area (Å²) in [5.41, 5.74) is 0. The Morgan fingerprint density at radius 3 is 2.75 bits per heavy atom. The number of aromatic amines is 1. The number of halogens is 1. The van der Waals surface area contributed by atoms with Crippen LogP contribution in [0.5, 0.6) is 0 Å². The van der Waals surface area contributed by atoms with Crippen LogP contribution in [0.4, 0.5) is 0 Å². The molecule has 130 valence electrons. The first-order chi connectivity index (χ1) is 11.3. The lowest BCUT2D eigenvalue weighted by atomic mass is 9.94. The van der Waals surface area contributed by atoms with Gasteiger partial charge in [-0.1, -0.05) is 11.6 Å². The van der Waals surface area contributed by atoms with Crippen LogP contribution in [0.15, 0.2) is 16.3 Å². The number of rotatable bonds is 4. The quantitative estimate of drug-likeness (QED) is 0.810. The Bertz CT molecular complexity index is 863. The molecule has 11 heteroatoms. The van der Waals surface area contributed by atoms with Gasteiger partial charge in [-0.15, -0.1) is 11.3 Å². The van der Waals surface area contributed by atoms with Crippen LogP contribution in [0.1, 0.15) is 17.6 Å². The molecule has 1 aliphatic heterocycles. The maximum Gasteiger partial charge on any atom is 0.252 e. The number of nitrogens with one attached hydrogen (secondary N) is 2. The van der Waals surface area contributed by atoms with Crippen LogP contribution in [0.2, 0.25) is 4.34 Å². The van der Waals surface area contributed by atoms with Gasteiger partial charge in [0.1, 0.15) is 10.0 Å². The summed E-state index contributed by atoms with van der Waals surface area (Å²) < 4.78 is 27.4. The van der Waals surface area contributed by atoms with Crippen LogP contribution in [0, 0.1) is 12.8 Å². The van der Waals surface area contributed by atoms with Gasteiger partial charge in [0.25, 0.3) is 10.0 Å². The molecule has 1 amide bonds. The Morgan fingerprint density at radius 2 is 2.21 bits per heavy atom. The van der Waals surface area contributed by atoms with Crippen LogP contribution < -0.4 is 5.32 Å². The van der Waals surface area contributed by atoms with Gasteiger partial charge in [-0.2, -0.15) is 9.40 Å². The second-order valence-corrected chi connectivity index (χ2v) is 9.37. The summed E-state index contributed by atoms with van der Waals surface area (Å²) >= 11 is 6.85. The number of carbonyl (C=O) groups excluding carboxylic acids is 1. The minimum absolute atomic E-state index is 0.0791. The highest BCUT2D eigenvalue weighted by Gasteiger charge is 2.45. The van der Waals surface area contributed by atoms with Crippen molar-refractivity contribution < 1.29 is 13.2 Å². The number of amides is 1. The second-order valence-electron chi connectivity index (χ2n) is 5.49. The minimum Gasteiger partial charge on any atom is -0.359 e. The third kappa shape index (κ3) is 3.06. The number of thiophene rings is 1. The Hall–Kier alpha value is -1.49. The number of nitrogens with zero attached hydrogens (tertiary/aromatic N) is 3. The monoisotopic (exact) mass is 389 g/mol. The third-order valence-corrected chi connectivity index (χ3v) is 7.49. The SMILES string of the molecule is CNC(=O)[C@@H]1CN(S(=O)(=O)c2ccc(Cl)s2)C[C@H]1c1n[nH]c(C)n1. The zero-order chi connectivity index (χ0) is 17.5. The maximum atomic E-state index is 12.8. The van der Waals surface area contributed by atoms with E-state index in [4.69, 9.17) is 11.6 Å². The van der Waals surface area contributed by atoms with E-state index >= 15 is 0 Å². The molecule has 3 heterocycles. The van der Waals surface area contributed by atoms with Gasteiger partial charge >= 0.3 is 0 Å². The average Bonchev–Trinajstić information content (AvgIpc) is 3.25. The summed E-state index contributed by atoms with van der Waals surface area (Å²) in [6.07, 6.45) is 0. The van der Waals surface area contributed by atoms with Crippen molar-refractivity contribution in [1.29, 1.82) is 0 Å². The Morgan fingerprint density at radius 1 is 1.46 bits per heavy atom. The largest absolute Gasteiger partial charge is 0.359 e. The van der Waals surface area contributed by atoms with Gasteiger partial charge < -0.3 is 5.32 Å². The van der Waals surface area contributed by atoms with Crippen molar-refractivity contribution in [2.75, 3.05) is 20.1 Å². The molecule has 2 atom stereocenters. The number of hydrogen-bond acceptors (Lipinski definition) is 6. The summed E-state index contributed by atoms with van der Waals surface area (Å²) in [5, 5.41) is 9.42. The molecule has 2 aromatic rings. The summed E-state index contributed by atoms with van der Waals surface area (Å²) in [6.45, 7) is 1.98. The van der Waals surface area contributed by atoms with Crippen molar-refractivity contribution in [3.8, 4) is 0 Å². The van der Waals surface area contributed by atoms with Crippen molar-refractivity contribution in [2.24, 2.45) is 5.92 Å². The number of aromatic nitrogens is 3. The third-order valence-electron chi connectivity index (χ3n) is 3.96. The maximum absolute atomic E-state index is 12.8. The van der Waals surface area contributed by atoms with Crippen molar-refractivity contribution in [2.45, 2.75) is 17.1 Å². The first-order valence-electron chi connectivity index (χ1n) is 7.19. The molecule has 0 unspecified atom stereocenters. The van der Waals surface area contributed by atoms with E-state index in [1.807, 2.05) is 0 Å². The summed E-state index contributed by atoms with van der Waals surface area (Å²) in [5.74, 6) is -0.116. The first-order valence-corrected chi connectivity index (χ1v) is 9.82. The zero-order valence-electron chi connectivity index (χ0n) is 13.0. The molecule has 0 radical (unpaired) electrons. The number of aryl methyl sites for hydroxylation is 1. The molecule has 0 saturated carbocycles. The molecule has 1 fully saturated rings. The van der Waals surface area contributed by atoms with Crippen molar-refractivity contribution >= 4 is 38.9 Å². The molecule has 2 N–H and O–H groups in total. The summed E-state index contributed by atoms with van der Waals surface area (Å²) in [4.78, 5) is 16.5. The van der Waals surface area contributed by atoms with Crippen LogP contribution >= 0.6 is 22.9 Å². The van der Waals surface area contributed by atoms with E-state index in [0.717, 1.165) is 11.3 Å². The van der Waals surface area contributed by atoms with Gasteiger partial charge in [0.05, 0.1) is 10.3 Å². The van der Waals surface area contributed by atoms with Gasteiger partial charge in [0.2, 0.25) is 5.91 Å². The van der Waals surface area contributed by atoms with E-state index in [1.54, 1.807) is 13.0 Å². The van der Waals surface area contributed by atoms with E-state index < -0.39 is 21.9 Å². The fourth-order valence-electron chi connectivity index (χ4n) is 2.77. The molecule has 3 rings (SSSR count). The zero-order valence-corrected chi connectivity index (χ0v) is 15.4. The van der Waals surface area contributed by atoms with Crippen LogP contribution in [-0.4, -0.2) is 53.9 Å². The van der Waals surface area contributed by atoms with Crippen LogP contribution in [0.3, 0.4) is 0 Å². The Kier molecular flexibility index (Phi) is 4.65. The molecule has 0 aromatic carbocycles. The number of sulfonamides is 1. The minimum atomic E-state index is -3.70. The Balaban J connectivity index is 1.93. The van der Waals surface area contributed by atoms with E-state index in [9.17, 15) is 13.2 Å². The Labute approximate surface area is 148 Å². The lowest BCUT2D eigenvalue weighted by molar-refractivity contribution is -0.124. The molecule has 1 saturated heterocycles. The molecular formula is C13H16ClN5O3S2. The predicted molar refractivity (Wildman–Crippen MR) is 89.5 cm³/mol. The molecule has 1 aliphatic rings. The van der Waals surface area contributed by atoms with Crippen molar-refractivity contribution in [3.63, 3.8) is 0 Å². The van der Waals surface area contributed by atoms with Crippen molar-refractivity contribution in [1.82, 2.24) is 24.8 Å². The van der Waals surface area contributed by atoms with E-state index in [0.29, 0.717) is 16.0 Å². The van der Waals surface area contributed by atoms with Crippen LogP contribution in [-0.2, 0) is 14.8 Å². The molecule has 0 aliphatic carbocycles. The predicted octanol–water partition coefficient (Wildman–Crippen LogP) is 0.978. The number of H-pyrrole nitrogens is 1. The highest BCUT2D eigenvalue weighted by molar-refractivity contribution is 7.91. The highest BCUT2D eigenvalue weighted by atomic mass is 35.5. The van der Waals surface area contributed by atoms with Gasteiger partial charge in [0, 0.05) is 26.1 Å². The van der Waals surface area contributed by atoms with Crippen LogP contribution in [0.25, 0.3) is 0 Å². The molecule has 8 nitrogen and oxygen atoms in total. The summed E-state index contributed by atoms with van der Waals surface area (Å²) in [6, 6.07) is 3.02. The van der Waals surface area contributed by atoms with E-state index in [1.165, 1.54) is 17.4 Å². The lowest BCUT2D eigenvalue weighted by Gasteiger charge is -2.14. The van der Waals surface area contributed by atoms with E-state index in [2.05, 4.69) is 20.5 Å². The summed E-state index contributed by atoms with van der Waals surface area (Å²) in [7, 11) is -2.18. The fraction of sp³-hybridized carbons (Fsp3) is 0.462.